The number of anilines is 1. The van der Waals surface area contributed by atoms with Crippen LogP contribution in [0.15, 0.2) is 66.7 Å². The van der Waals surface area contributed by atoms with Gasteiger partial charge in [-0.25, -0.2) is 0 Å². The number of carbonyl (C=O) groups excluding carboxylic acids is 3. The molecule has 2 aromatic carbocycles. The molecular weight excluding hydrogens is 412 g/mol. The molecule has 1 heterocycles. The average molecular weight is 441 g/mol. The van der Waals surface area contributed by atoms with E-state index in [0.29, 0.717) is 18.3 Å². The Balaban J connectivity index is 1.34. The molecule has 7 atom stereocenters. The van der Waals surface area contributed by atoms with Crippen molar-refractivity contribution in [1.82, 2.24) is 4.90 Å². The van der Waals surface area contributed by atoms with Gasteiger partial charge in [0.15, 0.2) is 0 Å². The molecule has 3 fully saturated rings. The standard InChI is InChI=1S/C28H28N2O3/c1-2-17-10-6-7-11-22(17)29-26(31)23(14-16-8-4-3-5-9-16)30-27(32)24-18-12-13-19(21-15-20(18)21)25(24)28(30)33/h3-13,18-21,23-25H,2,14-15H2,1H3,(H,29,31)/t18-,19-,20-,21+,23-,24-,25+/m0/s1. The van der Waals surface area contributed by atoms with Crippen LogP contribution >= 0.6 is 0 Å². The Bertz CT molecular complexity index is 1120. The zero-order chi connectivity index (χ0) is 22.7. The lowest BCUT2D eigenvalue weighted by Gasteiger charge is -2.37. The van der Waals surface area contributed by atoms with Crippen molar-refractivity contribution in [3.8, 4) is 0 Å². The molecule has 5 heteroatoms. The van der Waals surface area contributed by atoms with Gasteiger partial charge in [-0.05, 0) is 53.7 Å². The molecule has 7 rings (SSSR count). The first-order valence-corrected chi connectivity index (χ1v) is 12.1. The Morgan fingerprint density at radius 1 is 0.939 bits per heavy atom. The third-order valence-corrected chi connectivity index (χ3v) is 8.24. The predicted octanol–water partition coefficient (Wildman–Crippen LogP) is 3.85. The number of likely N-dealkylation sites (tertiary alicyclic amines) is 1. The number of amides is 3. The number of imide groups is 1. The summed E-state index contributed by atoms with van der Waals surface area (Å²) in [5, 5.41) is 3.04. The van der Waals surface area contributed by atoms with Crippen molar-refractivity contribution in [3.05, 3.63) is 77.9 Å². The van der Waals surface area contributed by atoms with Gasteiger partial charge >= 0.3 is 0 Å². The number of allylic oxidation sites excluding steroid dienone is 2. The van der Waals surface area contributed by atoms with Gasteiger partial charge < -0.3 is 5.32 Å². The minimum atomic E-state index is -0.862. The molecule has 0 radical (unpaired) electrons. The Morgan fingerprint density at radius 3 is 2.18 bits per heavy atom. The van der Waals surface area contributed by atoms with Crippen molar-refractivity contribution in [2.24, 2.45) is 35.5 Å². The van der Waals surface area contributed by atoms with Gasteiger partial charge in [0.1, 0.15) is 6.04 Å². The molecular formula is C28H28N2O3. The van der Waals surface area contributed by atoms with Gasteiger partial charge in [0.2, 0.25) is 17.7 Å². The molecule has 0 aromatic heterocycles. The zero-order valence-electron chi connectivity index (χ0n) is 18.7. The summed E-state index contributed by atoms with van der Waals surface area (Å²) in [5.41, 5.74) is 2.70. The smallest absolute Gasteiger partial charge is 0.248 e. The highest BCUT2D eigenvalue weighted by atomic mass is 16.2. The Labute approximate surface area is 193 Å². The first kappa shape index (κ1) is 20.4. The normalized spacial score (nSPS) is 31.8. The third-order valence-electron chi connectivity index (χ3n) is 8.24. The number of aryl methyl sites for hydroxylation is 1. The van der Waals surface area contributed by atoms with Crippen LogP contribution in [-0.2, 0) is 27.2 Å². The highest BCUT2D eigenvalue weighted by Crippen LogP contribution is 2.65. The molecule has 2 bridgehead atoms. The summed E-state index contributed by atoms with van der Waals surface area (Å²) in [6.07, 6.45) is 6.55. The molecule has 1 N–H and O–H groups in total. The van der Waals surface area contributed by atoms with E-state index in [2.05, 4.69) is 17.5 Å². The molecule has 168 valence electrons. The fraction of sp³-hybridized carbons (Fsp3) is 0.393. The monoisotopic (exact) mass is 440 g/mol. The van der Waals surface area contributed by atoms with Gasteiger partial charge in [-0.15, -0.1) is 0 Å². The number of hydrogen-bond donors (Lipinski definition) is 1. The number of hydrogen-bond acceptors (Lipinski definition) is 3. The van der Waals surface area contributed by atoms with E-state index in [1.54, 1.807) is 0 Å². The molecule has 3 amide bonds. The van der Waals surface area contributed by atoms with Crippen LogP contribution in [0.25, 0.3) is 0 Å². The van der Waals surface area contributed by atoms with Crippen molar-refractivity contribution < 1.29 is 14.4 Å². The maximum atomic E-state index is 13.7. The fourth-order valence-corrected chi connectivity index (χ4v) is 6.59. The Hall–Kier alpha value is -3.21. The summed E-state index contributed by atoms with van der Waals surface area (Å²) in [6.45, 7) is 2.04. The van der Waals surface area contributed by atoms with Gasteiger partial charge in [0, 0.05) is 12.1 Å². The maximum Gasteiger partial charge on any atom is 0.248 e. The number of para-hydroxylation sites is 1. The van der Waals surface area contributed by atoms with Crippen molar-refractivity contribution in [1.29, 1.82) is 0 Å². The summed E-state index contributed by atoms with van der Waals surface area (Å²) in [6, 6.07) is 16.5. The van der Waals surface area contributed by atoms with Crippen LogP contribution in [0, 0.1) is 35.5 Å². The Kier molecular flexibility index (Phi) is 4.75. The second-order valence-corrected chi connectivity index (χ2v) is 9.91. The van der Waals surface area contributed by atoms with Crippen molar-refractivity contribution in [2.75, 3.05) is 5.32 Å². The second kappa shape index (κ2) is 7.68. The van der Waals surface area contributed by atoms with E-state index in [0.717, 1.165) is 29.7 Å². The molecule has 2 aromatic rings. The van der Waals surface area contributed by atoms with Crippen LogP contribution in [0.3, 0.4) is 0 Å². The van der Waals surface area contributed by atoms with Crippen molar-refractivity contribution in [3.63, 3.8) is 0 Å². The first-order chi connectivity index (χ1) is 16.1. The molecule has 2 saturated carbocycles. The van der Waals surface area contributed by atoms with E-state index in [1.165, 1.54) is 4.90 Å². The van der Waals surface area contributed by atoms with Crippen molar-refractivity contribution in [2.45, 2.75) is 32.2 Å². The highest BCUT2D eigenvalue weighted by molar-refractivity contribution is 6.10. The molecule has 0 spiro atoms. The zero-order valence-corrected chi connectivity index (χ0v) is 18.7. The van der Waals surface area contributed by atoms with E-state index >= 15 is 0 Å². The average Bonchev–Trinajstić information content (AvgIpc) is 3.62. The number of benzene rings is 2. The van der Waals surface area contributed by atoms with E-state index in [1.807, 2.05) is 61.5 Å². The predicted molar refractivity (Wildman–Crippen MR) is 125 cm³/mol. The number of nitrogens with one attached hydrogen (secondary N) is 1. The van der Waals surface area contributed by atoms with E-state index in [9.17, 15) is 14.4 Å². The molecule has 5 nitrogen and oxygen atoms in total. The molecule has 1 aliphatic heterocycles. The molecule has 5 aliphatic rings. The lowest BCUT2D eigenvalue weighted by atomic mass is 9.63. The second-order valence-electron chi connectivity index (χ2n) is 9.91. The van der Waals surface area contributed by atoms with Crippen LogP contribution in [-0.4, -0.2) is 28.7 Å². The largest absolute Gasteiger partial charge is 0.324 e. The molecule has 33 heavy (non-hydrogen) atoms. The minimum absolute atomic E-state index is 0.146. The lowest BCUT2D eigenvalue weighted by molar-refractivity contribution is -0.146. The summed E-state index contributed by atoms with van der Waals surface area (Å²) < 4.78 is 0. The summed E-state index contributed by atoms with van der Waals surface area (Å²) >= 11 is 0. The molecule has 4 aliphatic carbocycles. The van der Waals surface area contributed by atoms with Gasteiger partial charge in [0.05, 0.1) is 11.8 Å². The SMILES string of the molecule is CCc1ccccc1NC(=O)[C@H](Cc1ccccc1)N1C(=O)[C@@H]2[C@H]3C=C[C@@H]([C@@H]4C[C@H]34)[C@@H]2C1=O. The molecule has 0 unspecified atom stereocenters. The topological polar surface area (TPSA) is 66.5 Å². The van der Waals surface area contributed by atoms with Crippen LogP contribution in [0.4, 0.5) is 5.69 Å². The Morgan fingerprint density at radius 2 is 1.55 bits per heavy atom. The quantitative estimate of drug-likeness (QED) is 0.548. The first-order valence-electron chi connectivity index (χ1n) is 12.1. The van der Waals surface area contributed by atoms with Crippen LogP contribution < -0.4 is 5.32 Å². The van der Waals surface area contributed by atoms with Crippen LogP contribution in [0.5, 0.6) is 0 Å². The van der Waals surface area contributed by atoms with E-state index in [-0.39, 0.29) is 41.4 Å². The maximum absolute atomic E-state index is 13.7. The summed E-state index contributed by atoms with van der Waals surface area (Å²) in [4.78, 5) is 42.4. The number of rotatable bonds is 6. The highest BCUT2D eigenvalue weighted by Gasteiger charge is 2.67. The van der Waals surface area contributed by atoms with Gasteiger partial charge in [-0.3, -0.25) is 19.3 Å². The third kappa shape index (κ3) is 3.17. The summed E-state index contributed by atoms with van der Waals surface area (Å²) in [7, 11) is 0. The van der Waals surface area contributed by atoms with E-state index in [4.69, 9.17) is 0 Å². The van der Waals surface area contributed by atoms with Gasteiger partial charge in [-0.1, -0.05) is 67.6 Å². The van der Waals surface area contributed by atoms with Crippen LogP contribution in [0.2, 0.25) is 0 Å². The van der Waals surface area contributed by atoms with E-state index < -0.39 is 6.04 Å². The minimum Gasteiger partial charge on any atom is -0.324 e. The van der Waals surface area contributed by atoms with Gasteiger partial charge in [0.25, 0.3) is 0 Å². The lowest BCUT2D eigenvalue weighted by Crippen LogP contribution is -2.49. The van der Waals surface area contributed by atoms with Gasteiger partial charge in [-0.2, -0.15) is 0 Å². The fourth-order valence-electron chi connectivity index (χ4n) is 6.59. The molecule has 1 saturated heterocycles. The number of nitrogens with zero attached hydrogens (tertiary/aromatic N) is 1. The number of carbonyl (C=O) groups is 3. The van der Waals surface area contributed by atoms with Crippen LogP contribution in [0.1, 0.15) is 24.5 Å². The van der Waals surface area contributed by atoms with Crippen molar-refractivity contribution >= 4 is 23.4 Å². The summed E-state index contributed by atoms with van der Waals surface area (Å²) in [5.74, 6) is 0.150.